The topological polar surface area (TPSA) is 46.4 Å². The Hall–Kier alpha value is -1.79. The zero-order valence-electron chi connectivity index (χ0n) is 8.91. The van der Waals surface area contributed by atoms with E-state index in [9.17, 15) is 23.3 Å². The Kier molecular flexibility index (Phi) is 2.48. The summed E-state index contributed by atoms with van der Waals surface area (Å²) in [5.74, 6) is 0. The summed E-state index contributed by atoms with van der Waals surface area (Å²) in [6, 6.07) is 1.89. The van der Waals surface area contributed by atoms with E-state index in [0.29, 0.717) is 24.2 Å². The first-order valence-electron chi connectivity index (χ1n) is 4.90. The third-order valence-electron chi connectivity index (χ3n) is 2.83. The number of fused-ring (bicyclic) bond motifs is 1. The van der Waals surface area contributed by atoms with Crippen LogP contribution in [0.15, 0.2) is 12.1 Å². The van der Waals surface area contributed by atoms with Gasteiger partial charge >= 0.3 is 6.18 Å². The van der Waals surface area contributed by atoms with Gasteiger partial charge in [-0.1, -0.05) is 0 Å². The highest BCUT2D eigenvalue weighted by atomic mass is 19.4. The van der Waals surface area contributed by atoms with Crippen molar-refractivity contribution in [2.24, 2.45) is 0 Å². The van der Waals surface area contributed by atoms with Crippen LogP contribution in [0.2, 0.25) is 0 Å². The third kappa shape index (κ3) is 1.92. The lowest BCUT2D eigenvalue weighted by atomic mass is 10.1. The highest BCUT2D eigenvalue weighted by Crippen LogP contribution is 2.41. The van der Waals surface area contributed by atoms with Crippen molar-refractivity contribution in [2.45, 2.75) is 12.6 Å². The number of hydrogen-bond acceptors (Lipinski definition) is 3. The number of nitrogens with zero attached hydrogens (tertiary/aromatic N) is 2. The molecule has 0 radical (unpaired) electrons. The molecule has 0 bridgehead atoms. The molecule has 0 saturated carbocycles. The number of alkyl halides is 3. The fourth-order valence-corrected chi connectivity index (χ4v) is 1.96. The molecule has 1 aliphatic rings. The van der Waals surface area contributed by atoms with Gasteiger partial charge in [0.1, 0.15) is 5.56 Å². The van der Waals surface area contributed by atoms with Crippen LogP contribution in [0.25, 0.3) is 0 Å². The second-order valence-electron chi connectivity index (χ2n) is 3.92. The molecule has 17 heavy (non-hydrogen) atoms. The van der Waals surface area contributed by atoms with E-state index >= 15 is 0 Å². The largest absolute Gasteiger partial charge is 0.423 e. The van der Waals surface area contributed by atoms with E-state index in [1.807, 2.05) is 0 Å². The number of nitro benzene ring substituents is 1. The van der Waals surface area contributed by atoms with Crippen LogP contribution >= 0.6 is 0 Å². The van der Waals surface area contributed by atoms with E-state index in [1.165, 1.54) is 0 Å². The highest BCUT2D eigenvalue weighted by molar-refractivity contribution is 5.64. The second kappa shape index (κ2) is 3.61. The summed E-state index contributed by atoms with van der Waals surface area (Å²) in [6.45, 7) is 0.577. The number of halogens is 3. The van der Waals surface area contributed by atoms with E-state index in [4.69, 9.17) is 0 Å². The number of anilines is 1. The Bertz CT molecular complexity index is 485. The van der Waals surface area contributed by atoms with Crippen molar-refractivity contribution >= 4 is 11.4 Å². The summed E-state index contributed by atoms with van der Waals surface area (Å²) in [7, 11) is 1.66. The second-order valence-corrected chi connectivity index (χ2v) is 3.92. The van der Waals surface area contributed by atoms with Crippen LogP contribution in [0.1, 0.15) is 11.1 Å². The molecule has 7 heteroatoms. The van der Waals surface area contributed by atoms with Gasteiger partial charge in [-0.2, -0.15) is 13.2 Å². The Balaban J connectivity index is 2.65. The Morgan fingerprint density at radius 3 is 2.59 bits per heavy atom. The van der Waals surface area contributed by atoms with Gasteiger partial charge in [0.15, 0.2) is 0 Å². The van der Waals surface area contributed by atoms with Crippen LogP contribution in [0.5, 0.6) is 0 Å². The molecule has 0 aliphatic carbocycles. The summed E-state index contributed by atoms with van der Waals surface area (Å²) in [5, 5.41) is 10.6. The predicted molar refractivity (Wildman–Crippen MR) is 55.1 cm³/mol. The predicted octanol–water partition coefficient (Wildman–Crippen LogP) is 2.61. The van der Waals surface area contributed by atoms with E-state index in [0.717, 1.165) is 12.1 Å². The van der Waals surface area contributed by atoms with Crippen molar-refractivity contribution in [2.75, 3.05) is 18.5 Å². The van der Waals surface area contributed by atoms with Gasteiger partial charge in [-0.3, -0.25) is 10.1 Å². The average molecular weight is 246 g/mol. The summed E-state index contributed by atoms with van der Waals surface area (Å²) in [5.41, 5.74) is -1.04. The molecule has 2 rings (SSSR count). The summed E-state index contributed by atoms with van der Waals surface area (Å²) in [4.78, 5) is 11.3. The standard InChI is InChI=1S/C10H9F3N2O2/c1-14-3-2-6-4-9(15(16)17)7(5-8(6)14)10(11,12)13/h4-5H,2-3H2,1H3. The van der Waals surface area contributed by atoms with Crippen LogP contribution in [0.3, 0.4) is 0 Å². The van der Waals surface area contributed by atoms with Gasteiger partial charge in [0, 0.05) is 25.3 Å². The van der Waals surface area contributed by atoms with Crippen molar-refractivity contribution in [3.8, 4) is 0 Å². The van der Waals surface area contributed by atoms with Crippen LogP contribution < -0.4 is 4.90 Å². The lowest BCUT2D eigenvalue weighted by molar-refractivity contribution is -0.388. The van der Waals surface area contributed by atoms with Gasteiger partial charge in [-0.15, -0.1) is 0 Å². The molecule has 0 saturated heterocycles. The van der Waals surface area contributed by atoms with E-state index in [1.54, 1.807) is 11.9 Å². The molecular formula is C10H9F3N2O2. The van der Waals surface area contributed by atoms with Crippen molar-refractivity contribution in [1.82, 2.24) is 0 Å². The molecule has 0 N–H and O–H groups in total. The first-order valence-corrected chi connectivity index (χ1v) is 4.90. The fraction of sp³-hybridized carbons (Fsp3) is 0.400. The lowest BCUT2D eigenvalue weighted by Crippen LogP contribution is -2.14. The first kappa shape index (κ1) is 11.7. The summed E-state index contributed by atoms with van der Waals surface area (Å²) in [6.07, 6.45) is -4.17. The Morgan fingerprint density at radius 1 is 1.41 bits per heavy atom. The van der Waals surface area contributed by atoms with Gasteiger partial charge in [-0.25, -0.2) is 0 Å². The van der Waals surface area contributed by atoms with Gasteiger partial charge in [-0.05, 0) is 18.1 Å². The lowest BCUT2D eigenvalue weighted by Gasteiger charge is -2.14. The molecule has 4 nitrogen and oxygen atoms in total. The highest BCUT2D eigenvalue weighted by Gasteiger charge is 2.40. The van der Waals surface area contributed by atoms with Crippen molar-refractivity contribution < 1.29 is 18.1 Å². The number of benzene rings is 1. The fourth-order valence-electron chi connectivity index (χ4n) is 1.96. The Morgan fingerprint density at radius 2 is 2.06 bits per heavy atom. The van der Waals surface area contributed by atoms with Crippen LogP contribution in [0, 0.1) is 10.1 Å². The van der Waals surface area contributed by atoms with E-state index < -0.39 is 22.4 Å². The van der Waals surface area contributed by atoms with Gasteiger partial charge in [0.2, 0.25) is 0 Å². The smallest absolute Gasteiger partial charge is 0.374 e. The molecule has 92 valence electrons. The van der Waals surface area contributed by atoms with Crippen molar-refractivity contribution in [1.29, 1.82) is 0 Å². The minimum Gasteiger partial charge on any atom is -0.374 e. The maximum atomic E-state index is 12.7. The average Bonchev–Trinajstić information content (AvgIpc) is 2.57. The molecule has 0 amide bonds. The molecule has 1 aromatic carbocycles. The maximum Gasteiger partial charge on any atom is 0.423 e. The Labute approximate surface area is 94.8 Å². The van der Waals surface area contributed by atoms with Gasteiger partial charge in [0.25, 0.3) is 5.69 Å². The molecule has 0 atom stereocenters. The molecular weight excluding hydrogens is 237 g/mol. The molecule has 0 spiro atoms. The van der Waals surface area contributed by atoms with Crippen LogP contribution in [-0.2, 0) is 12.6 Å². The summed E-state index contributed by atoms with van der Waals surface area (Å²) >= 11 is 0. The van der Waals surface area contributed by atoms with Crippen molar-refractivity contribution in [3.05, 3.63) is 33.4 Å². The molecule has 1 heterocycles. The molecule has 0 aromatic heterocycles. The molecule has 0 fully saturated rings. The summed E-state index contributed by atoms with van der Waals surface area (Å²) < 4.78 is 38.0. The molecule has 1 aliphatic heterocycles. The van der Waals surface area contributed by atoms with Gasteiger partial charge < -0.3 is 4.90 Å². The maximum absolute atomic E-state index is 12.7. The van der Waals surface area contributed by atoms with Crippen LogP contribution in [-0.4, -0.2) is 18.5 Å². The number of hydrogen-bond donors (Lipinski definition) is 0. The minimum absolute atomic E-state index is 0.419. The van der Waals surface area contributed by atoms with Crippen LogP contribution in [0.4, 0.5) is 24.5 Å². The number of nitro groups is 1. The SMILES string of the molecule is CN1CCc2cc([N+](=O)[O-])c(C(F)(F)F)cc21. The minimum atomic E-state index is -4.71. The number of rotatable bonds is 1. The zero-order valence-corrected chi connectivity index (χ0v) is 8.91. The van der Waals surface area contributed by atoms with Gasteiger partial charge in [0.05, 0.1) is 4.92 Å². The zero-order chi connectivity index (χ0) is 12.8. The molecule has 0 unspecified atom stereocenters. The number of likely N-dealkylation sites (N-methyl/N-ethyl adjacent to an activating group) is 1. The normalized spacial score (nSPS) is 14.9. The monoisotopic (exact) mass is 246 g/mol. The molecule has 1 aromatic rings. The third-order valence-corrected chi connectivity index (χ3v) is 2.83. The quantitative estimate of drug-likeness (QED) is 0.565. The van der Waals surface area contributed by atoms with E-state index in [-0.39, 0.29) is 0 Å². The van der Waals surface area contributed by atoms with Crippen molar-refractivity contribution in [3.63, 3.8) is 0 Å². The first-order chi connectivity index (χ1) is 7.80. The van der Waals surface area contributed by atoms with E-state index in [2.05, 4.69) is 0 Å².